The molecule has 24 heavy (non-hydrogen) atoms. The lowest BCUT2D eigenvalue weighted by molar-refractivity contribution is -0.131. The third-order valence-corrected chi connectivity index (χ3v) is 6.10. The van der Waals surface area contributed by atoms with E-state index in [1.807, 2.05) is 16.7 Å². The number of aryl methyl sites for hydroxylation is 2. The van der Waals surface area contributed by atoms with Gasteiger partial charge in [-0.2, -0.15) is 0 Å². The van der Waals surface area contributed by atoms with Gasteiger partial charge in [-0.05, 0) is 26.2 Å². The molecule has 0 saturated carbocycles. The molecule has 3 rings (SSSR count). The van der Waals surface area contributed by atoms with E-state index in [2.05, 4.69) is 16.8 Å². The summed E-state index contributed by atoms with van der Waals surface area (Å²) in [5.41, 5.74) is 0.841. The Hall–Kier alpha value is -1.47. The molecule has 0 aromatic carbocycles. The summed E-state index contributed by atoms with van der Waals surface area (Å²) in [6, 6.07) is 0. The van der Waals surface area contributed by atoms with E-state index in [9.17, 15) is 9.59 Å². The van der Waals surface area contributed by atoms with Crippen LogP contribution in [0.15, 0.2) is 0 Å². The first kappa shape index (κ1) is 17.4. The van der Waals surface area contributed by atoms with Crippen LogP contribution in [0.25, 0.3) is 0 Å². The third-order valence-electron chi connectivity index (χ3n) is 4.81. The second kappa shape index (κ2) is 7.61. The monoisotopic (exact) mass is 350 g/mol. The second-order valence-corrected chi connectivity index (χ2v) is 7.62. The van der Waals surface area contributed by atoms with Crippen molar-refractivity contribution in [2.75, 3.05) is 45.8 Å². The summed E-state index contributed by atoms with van der Waals surface area (Å²) in [4.78, 5) is 36.2. The number of hydrogen-bond acceptors (Lipinski definition) is 5. The molecule has 2 aliphatic rings. The van der Waals surface area contributed by atoms with Gasteiger partial charge in [-0.3, -0.25) is 14.5 Å². The second-order valence-electron chi connectivity index (χ2n) is 6.53. The van der Waals surface area contributed by atoms with Crippen molar-refractivity contribution in [3.63, 3.8) is 0 Å². The Morgan fingerprint density at radius 1 is 1.04 bits per heavy atom. The van der Waals surface area contributed by atoms with Gasteiger partial charge in [0.15, 0.2) is 0 Å². The van der Waals surface area contributed by atoms with Crippen molar-refractivity contribution in [1.29, 1.82) is 0 Å². The fourth-order valence-corrected chi connectivity index (χ4v) is 4.28. The molecular formula is C17H26N4O2S. The average Bonchev–Trinajstić information content (AvgIpc) is 3.24. The number of piperazine rings is 1. The van der Waals surface area contributed by atoms with Crippen molar-refractivity contribution < 1.29 is 9.59 Å². The van der Waals surface area contributed by atoms with E-state index in [1.165, 1.54) is 11.3 Å². The van der Waals surface area contributed by atoms with Crippen molar-refractivity contribution in [3.8, 4) is 0 Å². The molecule has 0 aliphatic carbocycles. The van der Waals surface area contributed by atoms with Crippen molar-refractivity contribution in [1.82, 2.24) is 19.7 Å². The highest BCUT2D eigenvalue weighted by Gasteiger charge is 2.27. The summed E-state index contributed by atoms with van der Waals surface area (Å²) in [5.74, 6) is 0.327. The first-order valence-corrected chi connectivity index (χ1v) is 9.66. The van der Waals surface area contributed by atoms with Crippen molar-refractivity contribution in [2.45, 2.75) is 33.1 Å². The number of carbonyl (C=O) groups excluding carboxylic acids is 2. The minimum absolute atomic E-state index is 0.0928. The van der Waals surface area contributed by atoms with Crippen LogP contribution in [-0.4, -0.2) is 77.3 Å². The number of likely N-dealkylation sites (tertiary alicyclic amines) is 1. The molecule has 0 unspecified atom stereocenters. The number of nitrogens with zero attached hydrogens (tertiary/aromatic N) is 4. The number of aromatic nitrogens is 1. The number of hydrogen-bond donors (Lipinski definition) is 0. The zero-order chi connectivity index (χ0) is 17.1. The molecule has 0 atom stereocenters. The van der Waals surface area contributed by atoms with Crippen molar-refractivity contribution >= 4 is 23.2 Å². The Bertz CT molecular complexity index is 602. The van der Waals surface area contributed by atoms with Crippen molar-refractivity contribution in [3.05, 3.63) is 15.6 Å². The van der Waals surface area contributed by atoms with E-state index in [1.54, 1.807) is 0 Å². The lowest BCUT2D eigenvalue weighted by Gasteiger charge is -2.34. The van der Waals surface area contributed by atoms with Gasteiger partial charge in [0.1, 0.15) is 4.88 Å². The number of amides is 2. The fourth-order valence-electron chi connectivity index (χ4n) is 3.31. The van der Waals surface area contributed by atoms with Gasteiger partial charge < -0.3 is 9.80 Å². The Balaban J connectivity index is 1.51. The molecule has 7 heteroatoms. The quantitative estimate of drug-likeness (QED) is 0.824. The van der Waals surface area contributed by atoms with Crippen LogP contribution in [0, 0.1) is 6.92 Å². The molecule has 3 heterocycles. The molecule has 0 spiro atoms. The predicted molar refractivity (Wildman–Crippen MR) is 94.4 cm³/mol. The lowest BCUT2D eigenvalue weighted by Crippen LogP contribution is -2.51. The van der Waals surface area contributed by atoms with Crippen molar-refractivity contribution in [2.24, 2.45) is 0 Å². The fraction of sp³-hybridized carbons (Fsp3) is 0.706. The van der Waals surface area contributed by atoms with E-state index >= 15 is 0 Å². The van der Waals surface area contributed by atoms with Crippen LogP contribution >= 0.6 is 11.3 Å². The van der Waals surface area contributed by atoms with E-state index < -0.39 is 0 Å². The number of thiazole rings is 1. The number of carbonyl (C=O) groups is 2. The highest BCUT2D eigenvalue weighted by atomic mass is 32.1. The average molecular weight is 350 g/mol. The van der Waals surface area contributed by atoms with Crippen LogP contribution in [0.1, 0.15) is 40.1 Å². The molecular weight excluding hydrogens is 324 g/mol. The molecule has 1 aromatic heterocycles. The summed E-state index contributed by atoms with van der Waals surface area (Å²) in [6.07, 6.45) is 3.12. The van der Waals surface area contributed by atoms with E-state index in [4.69, 9.17) is 0 Å². The first-order chi connectivity index (χ1) is 11.6. The molecule has 6 nitrogen and oxygen atoms in total. The highest BCUT2D eigenvalue weighted by Crippen LogP contribution is 2.21. The zero-order valence-electron chi connectivity index (χ0n) is 14.6. The molecule has 2 aliphatic heterocycles. The van der Waals surface area contributed by atoms with E-state index in [0.717, 1.165) is 61.0 Å². The molecule has 2 saturated heterocycles. The van der Waals surface area contributed by atoms with Crippen LogP contribution < -0.4 is 0 Å². The lowest BCUT2D eigenvalue weighted by atomic mass is 10.2. The van der Waals surface area contributed by atoms with Gasteiger partial charge in [-0.1, -0.05) is 6.92 Å². The molecule has 1 aromatic rings. The largest absolute Gasteiger partial charge is 0.342 e. The molecule has 0 N–H and O–H groups in total. The normalized spacial score (nSPS) is 19.1. The zero-order valence-corrected chi connectivity index (χ0v) is 15.4. The van der Waals surface area contributed by atoms with Gasteiger partial charge in [0, 0.05) is 39.3 Å². The predicted octanol–water partition coefficient (Wildman–Crippen LogP) is 1.39. The minimum atomic E-state index is 0.0928. The molecule has 0 radical (unpaired) electrons. The summed E-state index contributed by atoms with van der Waals surface area (Å²) < 4.78 is 0. The van der Waals surface area contributed by atoms with Gasteiger partial charge in [0.05, 0.1) is 17.2 Å². The van der Waals surface area contributed by atoms with Crippen LogP contribution in [0.3, 0.4) is 0 Å². The summed E-state index contributed by atoms with van der Waals surface area (Å²) in [6.45, 7) is 9.17. The Morgan fingerprint density at radius 3 is 2.29 bits per heavy atom. The molecule has 132 valence electrons. The Morgan fingerprint density at radius 2 is 1.71 bits per heavy atom. The van der Waals surface area contributed by atoms with E-state index in [-0.39, 0.29) is 11.8 Å². The standard InChI is InChI=1S/C17H26N4O2S/c1-3-14-18-13(2)16(24-14)17(23)21-10-8-19(9-11-21)12-15(22)20-6-4-5-7-20/h3-12H2,1-2H3. The summed E-state index contributed by atoms with van der Waals surface area (Å²) in [5, 5.41) is 1.02. The third kappa shape index (κ3) is 3.78. The molecule has 2 amide bonds. The number of rotatable bonds is 4. The van der Waals surface area contributed by atoms with Gasteiger partial charge in [-0.15, -0.1) is 11.3 Å². The molecule has 0 bridgehead atoms. The topological polar surface area (TPSA) is 56.8 Å². The van der Waals surface area contributed by atoms with Gasteiger partial charge in [0.25, 0.3) is 5.91 Å². The van der Waals surface area contributed by atoms with Crippen LogP contribution in [0.5, 0.6) is 0 Å². The smallest absolute Gasteiger partial charge is 0.265 e. The van der Waals surface area contributed by atoms with Gasteiger partial charge in [0.2, 0.25) is 5.91 Å². The van der Waals surface area contributed by atoms with Crippen LogP contribution in [0.4, 0.5) is 0 Å². The Labute approximate surface area is 147 Å². The van der Waals surface area contributed by atoms with Crippen LogP contribution in [0.2, 0.25) is 0 Å². The van der Waals surface area contributed by atoms with Crippen LogP contribution in [-0.2, 0) is 11.2 Å². The minimum Gasteiger partial charge on any atom is -0.342 e. The maximum Gasteiger partial charge on any atom is 0.265 e. The van der Waals surface area contributed by atoms with E-state index in [0.29, 0.717) is 19.6 Å². The molecule has 2 fully saturated rings. The van der Waals surface area contributed by atoms with Gasteiger partial charge >= 0.3 is 0 Å². The summed E-state index contributed by atoms with van der Waals surface area (Å²) >= 11 is 1.51. The SMILES string of the molecule is CCc1nc(C)c(C(=O)N2CCN(CC(=O)N3CCCC3)CC2)s1. The van der Waals surface area contributed by atoms with Gasteiger partial charge in [-0.25, -0.2) is 4.98 Å². The summed E-state index contributed by atoms with van der Waals surface area (Å²) in [7, 11) is 0. The Kier molecular flexibility index (Phi) is 5.50. The highest BCUT2D eigenvalue weighted by molar-refractivity contribution is 7.13. The maximum absolute atomic E-state index is 12.7. The maximum atomic E-state index is 12.7. The first-order valence-electron chi connectivity index (χ1n) is 8.84.